The Morgan fingerprint density at radius 1 is 0.767 bits per heavy atom. The zero-order valence-electron chi connectivity index (χ0n) is 35.0. The van der Waals surface area contributed by atoms with Gasteiger partial charge in [-0.05, 0) is 84.0 Å². The molecule has 0 fully saturated rings. The summed E-state index contributed by atoms with van der Waals surface area (Å²) in [6.07, 6.45) is 6.52. The van der Waals surface area contributed by atoms with Gasteiger partial charge in [0.1, 0.15) is 52.2 Å². The largest absolute Gasteiger partial charge is 0.361 e. The Kier molecular flexibility index (Phi) is 11.1. The molecule has 0 aliphatic carbocycles. The third kappa shape index (κ3) is 9.39. The molecule has 0 radical (unpaired) electrons. The van der Waals surface area contributed by atoms with E-state index in [1.807, 2.05) is 46.1 Å². The minimum absolute atomic E-state index is 0.232. The summed E-state index contributed by atoms with van der Waals surface area (Å²) in [6.45, 7) is 19.3. The number of hydrogen-bond acceptors (Lipinski definition) is 9. The lowest BCUT2D eigenvalue weighted by molar-refractivity contribution is 0.0884. The number of benzene rings is 2. The minimum Gasteiger partial charge on any atom is -0.361 e. The van der Waals surface area contributed by atoms with Gasteiger partial charge in [-0.2, -0.15) is 10.2 Å². The molecule has 0 bridgehead atoms. The maximum atomic E-state index is 13.6. The molecule has 0 saturated heterocycles. The molecule has 312 valence electrons. The third-order valence-electron chi connectivity index (χ3n) is 9.17. The van der Waals surface area contributed by atoms with Crippen LogP contribution in [-0.4, -0.2) is 87.5 Å². The molecule has 8 rings (SSSR count). The average molecular weight is 835 g/mol. The first-order chi connectivity index (χ1) is 28.2. The Bertz CT molecular complexity index is 2880. The van der Waals surface area contributed by atoms with E-state index >= 15 is 0 Å². The van der Waals surface area contributed by atoms with Gasteiger partial charge in [-0.25, -0.2) is 28.7 Å². The van der Waals surface area contributed by atoms with E-state index < -0.39 is 13.6 Å². The topological polar surface area (TPSA) is 197 Å². The maximum Gasteiger partial charge on any atom is 0.255 e. The zero-order chi connectivity index (χ0) is 43.1. The van der Waals surface area contributed by atoms with Gasteiger partial charge in [0.2, 0.25) is 0 Å². The molecule has 6 heterocycles. The number of amides is 2. The number of aromatic amines is 3. The number of carbonyl (C=O) groups excluding carboxylic acids is 2. The number of rotatable bonds is 9. The number of aromatic nitrogens is 10. The predicted octanol–water partition coefficient (Wildman–Crippen LogP) is 8.12. The maximum absolute atomic E-state index is 13.6. The quantitative estimate of drug-likeness (QED) is 0.0704. The predicted molar refractivity (Wildman–Crippen MR) is 230 cm³/mol. The first-order valence-corrected chi connectivity index (χ1v) is 23.1. The summed E-state index contributed by atoms with van der Waals surface area (Å²) in [7, 11) is -1.21. The van der Waals surface area contributed by atoms with Crippen LogP contribution in [0.1, 0.15) is 62.3 Å². The number of fused-ring (bicyclic) bond motifs is 4. The molecule has 0 saturated carbocycles. The van der Waals surface area contributed by atoms with Crippen LogP contribution in [0.25, 0.3) is 66.9 Å². The third-order valence-corrected chi connectivity index (χ3v) is 10.9. The van der Waals surface area contributed by atoms with Crippen molar-refractivity contribution >= 4 is 64.0 Å². The lowest BCUT2D eigenvalue weighted by atomic mass is 10.1. The Labute approximate surface area is 345 Å². The summed E-state index contributed by atoms with van der Waals surface area (Å²) in [5, 5.41) is 21.5. The number of nitrogens with zero attached hydrogens (tertiary/aromatic N) is 7. The molecule has 0 unspecified atom stereocenters. The summed E-state index contributed by atoms with van der Waals surface area (Å²) < 4.78 is 34.7. The van der Waals surface area contributed by atoms with Gasteiger partial charge in [-0.3, -0.25) is 19.8 Å². The van der Waals surface area contributed by atoms with Crippen LogP contribution in [0.3, 0.4) is 0 Å². The van der Waals surface area contributed by atoms with Crippen LogP contribution in [0.5, 0.6) is 0 Å². The first-order valence-electron chi connectivity index (χ1n) is 19.4. The summed E-state index contributed by atoms with van der Waals surface area (Å²) in [5.41, 5.74) is 5.28. The van der Waals surface area contributed by atoms with Crippen molar-refractivity contribution in [1.29, 1.82) is 0 Å². The molecule has 60 heavy (non-hydrogen) atoms. The first kappa shape index (κ1) is 41.7. The van der Waals surface area contributed by atoms with Crippen LogP contribution >= 0.6 is 0 Å². The Morgan fingerprint density at radius 2 is 1.30 bits per heavy atom. The van der Waals surface area contributed by atoms with Crippen molar-refractivity contribution in [3.05, 3.63) is 83.9 Å². The molecule has 6 aromatic heterocycles. The summed E-state index contributed by atoms with van der Waals surface area (Å²) >= 11 is 0. The highest BCUT2D eigenvalue weighted by molar-refractivity contribution is 6.76. The van der Waals surface area contributed by atoms with Gasteiger partial charge in [0.15, 0.2) is 11.3 Å². The second kappa shape index (κ2) is 16.0. The molecule has 2 aromatic carbocycles. The van der Waals surface area contributed by atoms with E-state index in [1.54, 1.807) is 36.9 Å². The summed E-state index contributed by atoms with van der Waals surface area (Å²) in [4.78, 5) is 46.9. The molecule has 15 nitrogen and oxygen atoms in total. The zero-order valence-corrected chi connectivity index (χ0v) is 36.0. The molecule has 8 aromatic rings. The van der Waals surface area contributed by atoms with E-state index in [0.717, 1.165) is 16.8 Å². The van der Waals surface area contributed by atoms with Gasteiger partial charge in [-0.15, -0.1) is 0 Å². The van der Waals surface area contributed by atoms with E-state index in [2.05, 4.69) is 70.6 Å². The van der Waals surface area contributed by atoms with Crippen molar-refractivity contribution < 1.29 is 23.1 Å². The van der Waals surface area contributed by atoms with E-state index in [-0.39, 0.29) is 35.7 Å². The molecule has 5 N–H and O–H groups in total. The van der Waals surface area contributed by atoms with Crippen LogP contribution in [0.2, 0.25) is 25.7 Å². The summed E-state index contributed by atoms with van der Waals surface area (Å²) in [6, 6.07) is 9.84. The van der Waals surface area contributed by atoms with Gasteiger partial charge < -0.3 is 24.9 Å². The molecule has 0 atom stereocenters. The van der Waals surface area contributed by atoms with Gasteiger partial charge in [-0.1, -0.05) is 19.6 Å². The van der Waals surface area contributed by atoms with Crippen molar-refractivity contribution in [3.8, 4) is 22.8 Å². The average Bonchev–Trinajstić information content (AvgIpc) is 3.95. The van der Waals surface area contributed by atoms with Crippen molar-refractivity contribution in [2.45, 2.75) is 85.0 Å². The van der Waals surface area contributed by atoms with Gasteiger partial charge in [0.25, 0.3) is 11.8 Å². The van der Waals surface area contributed by atoms with Crippen LogP contribution in [0, 0.1) is 11.6 Å². The van der Waals surface area contributed by atoms with E-state index in [0.29, 0.717) is 73.9 Å². The van der Waals surface area contributed by atoms with Gasteiger partial charge >= 0.3 is 0 Å². The molecule has 0 aliphatic heterocycles. The highest BCUT2D eigenvalue weighted by atomic mass is 28.3. The molecular formula is C42H48F2N12O3Si. The second-order valence-electron chi connectivity index (χ2n) is 17.9. The molecule has 0 spiro atoms. The number of ether oxygens (including phenoxy) is 1. The monoisotopic (exact) mass is 834 g/mol. The van der Waals surface area contributed by atoms with Gasteiger partial charge in [0, 0.05) is 48.9 Å². The van der Waals surface area contributed by atoms with E-state index in [4.69, 9.17) is 9.72 Å². The fourth-order valence-corrected chi connectivity index (χ4v) is 7.10. The molecular weight excluding hydrogens is 787 g/mol. The van der Waals surface area contributed by atoms with Crippen molar-refractivity contribution in [2.75, 3.05) is 6.61 Å². The van der Waals surface area contributed by atoms with Crippen LogP contribution < -0.4 is 10.6 Å². The number of nitrogens with one attached hydrogen (secondary N) is 5. The minimum atomic E-state index is -1.21. The van der Waals surface area contributed by atoms with Crippen LogP contribution in [0.4, 0.5) is 8.78 Å². The highest BCUT2D eigenvalue weighted by Gasteiger charge is 2.24. The lowest BCUT2D eigenvalue weighted by Crippen LogP contribution is -2.40. The Morgan fingerprint density at radius 3 is 1.85 bits per heavy atom. The fourth-order valence-electron chi connectivity index (χ4n) is 6.34. The second-order valence-corrected chi connectivity index (χ2v) is 23.5. The van der Waals surface area contributed by atoms with Crippen molar-refractivity contribution in [2.24, 2.45) is 0 Å². The number of hydrogen-bond donors (Lipinski definition) is 5. The number of H-pyrrole nitrogens is 3. The molecule has 0 aliphatic rings. The van der Waals surface area contributed by atoms with Crippen molar-refractivity contribution in [3.63, 3.8) is 0 Å². The van der Waals surface area contributed by atoms with E-state index in [1.165, 1.54) is 24.3 Å². The fraction of sp³-hybridized carbons (Fsp3) is 0.333. The number of carbonyl (C=O) groups is 2. The molecule has 18 heteroatoms. The Hall–Kier alpha value is -6.40. The normalized spacial score (nSPS) is 12.3. The number of halogens is 2. The van der Waals surface area contributed by atoms with E-state index in [9.17, 15) is 18.4 Å². The van der Waals surface area contributed by atoms with Crippen LogP contribution in [-0.2, 0) is 11.5 Å². The van der Waals surface area contributed by atoms with Crippen molar-refractivity contribution in [1.82, 2.24) is 60.5 Å². The van der Waals surface area contributed by atoms with Crippen LogP contribution in [0.15, 0.2) is 61.2 Å². The van der Waals surface area contributed by atoms with Gasteiger partial charge in [0.05, 0.1) is 34.6 Å². The SMILES string of the molecule is CC(C)(C)NC(=O)c1c[nH]c2ncc(-c3n[nH]c4cc(F)ccc34)nc12.CC(C)(C)NC(=O)c1cn(COCC[Si](C)(C)C)c2ncc(-c3n[nH]c4cc(F)ccc34)nc12. The highest BCUT2D eigenvalue weighted by Crippen LogP contribution is 2.29. The molecule has 2 amide bonds. The smallest absolute Gasteiger partial charge is 0.255 e. The lowest BCUT2D eigenvalue weighted by Gasteiger charge is -2.20. The standard InChI is InChI=1S/C24H31FN6O2Si.C18H17FN6O/c1-24(2,3)28-23(32)17-13-31(14-33-9-10-34(4,5)6)22-21(17)27-19(12-26-22)20-16-8-7-15(25)11-18(16)29-30-20;1-18(2,3)23-17(26)11-7-20-16-15(11)22-13(8-21-16)14-10-5-4-9(19)6-12(10)24-25-14/h7-8,11-13H,9-10,14H2,1-6H3,(H,28,32)(H,29,30);4-8H,1-3H3,(H,20,21)(H,23,26)(H,24,25). The Balaban J connectivity index is 0.000000188. The summed E-state index contributed by atoms with van der Waals surface area (Å²) in [5.74, 6) is -1.17.